The van der Waals surface area contributed by atoms with Crippen LogP contribution < -0.4 is 10.6 Å². The number of imidazole rings is 1. The maximum absolute atomic E-state index is 6.59. The van der Waals surface area contributed by atoms with Crippen molar-refractivity contribution in [3.05, 3.63) is 71.0 Å². The van der Waals surface area contributed by atoms with E-state index in [0.717, 1.165) is 60.9 Å². The Bertz CT molecular complexity index is 874. The highest BCUT2D eigenvalue weighted by Crippen LogP contribution is 2.42. The number of halogens is 1. The third-order valence-electron chi connectivity index (χ3n) is 5.22. The number of benzene rings is 1. The molecule has 6 nitrogen and oxygen atoms in total. The van der Waals surface area contributed by atoms with Gasteiger partial charge in [-0.2, -0.15) is 0 Å². The normalized spacial score (nSPS) is 16.2. The molecular weight excluding hydrogens is 360 g/mol. The highest BCUT2D eigenvalue weighted by atomic mass is 35.5. The molecule has 3 aromatic rings. The fourth-order valence-corrected chi connectivity index (χ4v) is 4.12. The van der Waals surface area contributed by atoms with Gasteiger partial charge in [-0.1, -0.05) is 29.8 Å². The third kappa shape index (κ3) is 3.82. The summed E-state index contributed by atoms with van der Waals surface area (Å²) in [5.74, 6) is 0.650. The van der Waals surface area contributed by atoms with Gasteiger partial charge in [-0.15, -0.1) is 0 Å². The highest BCUT2D eigenvalue weighted by Gasteiger charge is 2.38. The first-order valence-corrected chi connectivity index (χ1v) is 9.66. The van der Waals surface area contributed by atoms with Gasteiger partial charge in [0.1, 0.15) is 0 Å². The number of H-pyrrole nitrogens is 1. The Morgan fingerprint density at radius 3 is 2.78 bits per heavy atom. The van der Waals surface area contributed by atoms with Gasteiger partial charge < -0.3 is 15.6 Å². The zero-order valence-corrected chi connectivity index (χ0v) is 15.8. The molecule has 7 heteroatoms. The van der Waals surface area contributed by atoms with Crippen LogP contribution in [0, 0.1) is 0 Å². The number of nitrogens with one attached hydrogen (secondary N) is 3. The lowest BCUT2D eigenvalue weighted by Gasteiger charge is -2.38. The smallest absolute Gasteiger partial charge is 0.222 e. The average Bonchev–Trinajstić information content (AvgIpc) is 3.23. The topological polar surface area (TPSA) is 78.5 Å². The number of hydrogen-bond donors (Lipinski definition) is 3. The first-order valence-electron chi connectivity index (χ1n) is 9.28. The second-order valence-corrected chi connectivity index (χ2v) is 7.24. The Morgan fingerprint density at radius 1 is 1.15 bits per heavy atom. The molecule has 1 saturated heterocycles. The van der Waals surface area contributed by atoms with Crippen molar-refractivity contribution >= 4 is 17.5 Å². The number of hydrogen-bond acceptors (Lipinski definition) is 5. The van der Waals surface area contributed by atoms with E-state index < -0.39 is 0 Å². The number of anilines is 1. The summed E-state index contributed by atoms with van der Waals surface area (Å²) >= 11 is 6.59. The fraction of sp³-hybridized carbons (Fsp3) is 0.350. The molecule has 4 rings (SSSR count). The van der Waals surface area contributed by atoms with Crippen molar-refractivity contribution in [3.63, 3.8) is 0 Å². The molecule has 0 amide bonds. The lowest BCUT2D eigenvalue weighted by Crippen LogP contribution is -2.41. The molecule has 1 aliphatic rings. The summed E-state index contributed by atoms with van der Waals surface area (Å²) in [5.41, 5.74) is 3.07. The van der Waals surface area contributed by atoms with Crippen LogP contribution in [0.4, 0.5) is 5.95 Å². The van der Waals surface area contributed by atoms with Crippen molar-refractivity contribution in [2.24, 2.45) is 0 Å². The van der Waals surface area contributed by atoms with E-state index in [-0.39, 0.29) is 5.41 Å². The lowest BCUT2D eigenvalue weighted by atomic mass is 9.70. The Morgan fingerprint density at radius 2 is 2.00 bits per heavy atom. The van der Waals surface area contributed by atoms with Gasteiger partial charge in [0.25, 0.3) is 0 Å². The van der Waals surface area contributed by atoms with Crippen LogP contribution in [0.25, 0.3) is 0 Å². The maximum Gasteiger partial charge on any atom is 0.222 e. The van der Waals surface area contributed by atoms with Crippen molar-refractivity contribution in [2.45, 2.75) is 24.7 Å². The number of piperidine rings is 1. The van der Waals surface area contributed by atoms with E-state index in [1.807, 2.05) is 30.6 Å². The molecule has 0 bridgehead atoms. The van der Waals surface area contributed by atoms with Crippen LogP contribution in [0.15, 0.2) is 49.1 Å². The fourth-order valence-electron chi connectivity index (χ4n) is 3.81. The second kappa shape index (κ2) is 8.06. The number of rotatable bonds is 6. The minimum absolute atomic E-state index is 0.188. The molecule has 3 heterocycles. The van der Waals surface area contributed by atoms with E-state index >= 15 is 0 Å². The molecule has 0 atom stereocenters. The quantitative estimate of drug-likeness (QED) is 0.610. The number of aromatic amines is 1. The Balaban J connectivity index is 1.60. The van der Waals surface area contributed by atoms with E-state index in [9.17, 15) is 0 Å². The van der Waals surface area contributed by atoms with Gasteiger partial charge in [0, 0.05) is 41.5 Å². The first kappa shape index (κ1) is 17.9. The van der Waals surface area contributed by atoms with Crippen LogP contribution in [-0.4, -0.2) is 39.6 Å². The molecule has 0 unspecified atom stereocenters. The monoisotopic (exact) mass is 382 g/mol. The zero-order valence-electron chi connectivity index (χ0n) is 15.1. The summed E-state index contributed by atoms with van der Waals surface area (Å²) in [5, 5.41) is 7.58. The molecule has 0 saturated carbocycles. The van der Waals surface area contributed by atoms with E-state index in [1.54, 1.807) is 6.33 Å². The summed E-state index contributed by atoms with van der Waals surface area (Å²) in [7, 11) is 0. The van der Waals surface area contributed by atoms with Gasteiger partial charge >= 0.3 is 0 Å². The van der Waals surface area contributed by atoms with Gasteiger partial charge in [0.2, 0.25) is 5.95 Å². The molecule has 140 valence electrons. The third-order valence-corrected chi connectivity index (χ3v) is 5.55. The van der Waals surface area contributed by atoms with Crippen LogP contribution in [0.3, 0.4) is 0 Å². The van der Waals surface area contributed by atoms with E-state index in [0.29, 0.717) is 5.95 Å². The summed E-state index contributed by atoms with van der Waals surface area (Å²) in [6.07, 6.45) is 8.12. The average molecular weight is 383 g/mol. The molecule has 1 aromatic carbocycles. The summed E-state index contributed by atoms with van der Waals surface area (Å²) < 4.78 is 0. The minimum atomic E-state index is -0.188. The molecular formula is C20H23ClN6. The Kier molecular flexibility index (Phi) is 5.36. The van der Waals surface area contributed by atoms with Gasteiger partial charge in [0.05, 0.1) is 12.0 Å². The molecule has 1 aliphatic heterocycles. The van der Waals surface area contributed by atoms with Crippen LogP contribution in [0.5, 0.6) is 0 Å². The number of nitrogens with zero attached hydrogens (tertiary/aromatic N) is 3. The molecule has 1 fully saturated rings. The van der Waals surface area contributed by atoms with E-state index in [2.05, 4.69) is 37.7 Å². The molecule has 27 heavy (non-hydrogen) atoms. The van der Waals surface area contributed by atoms with Crippen LogP contribution in [0.1, 0.15) is 29.8 Å². The van der Waals surface area contributed by atoms with Crippen molar-refractivity contribution < 1.29 is 0 Å². The summed E-state index contributed by atoms with van der Waals surface area (Å²) in [4.78, 5) is 16.4. The Hall–Kier alpha value is -2.44. The second-order valence-electron chi connectivity index (χ2n) is 6.83. The summed E-state index contributed by atoms with van der Waals surface area (Å²) in [6, 6.07) is 10.1. The van der Waals surface area contributed by atoms with Crippen LogP contribution in [0.2, 0.25) is 5.02 Å². The number of aromatic nitrogens is 4. The lowest BCUT2D eigenvalue weighted by molar-refractivity contribution is 0.354. The predicted molar refractivity (Wildman–Crippen MR) is 107 cm³/mol. The van der Waals surface area contributed by atoms with Gasteiger partial charge in [-0.25, -0.2) is 15.0 Å². The highest BCUT2D eigenvalue weighted by molar-refractivity contribution is 6.31. The van der Waals surface area contributed by atoms with Gasteiger partial charge in [-0.3, -0.25) is 0 Å². The largest absolute Gasteiger partial charge is 0.354 e. The Labute approximate surface area is 163 Å². The molecule has 0 spiro atoms. The standard InChI is InChI=1S/C20H23ClN6/c21-17-4-2-1-3-16(17)20(7-11-22-12-8-20)18-6-10-25-19(27-18)24-9-5-15-13-23-14-26-15/h1-4,6,10,13-14,22H,5,7-9,11-12H2,(H,23,26)(H,24,25,27). The summed E-state index contributed by atoms with van der Waals surface area (Å²) in [6.45, 7) is 2.63. The predicted octanol–water partition coefficient (Wildman–Crippen LogP) is 3.18. The van der Waals surface area contributed by atoms with Crippen molar-refractivity contribution in [1.29, 1.82) is 0 Å². The molecule has 3 N–H and O–H groups in total. The molecule has 0 radical (unpaired) electrons. The van der Waals surface area contributed by atoms with E-state index in [4.69, 9.17) is 16.6 Å². The van der Waals surface area contributed by atoms with Crippen molar-refractivity contribution in [3.8, 4) is 0 Å². The molecule has 0 aliphatic carbocycles. The van der Waals surface area contributed by atoms with E-state index in [1.165, 1.54) is 0 Å². The SMILES string of the molecule is Clc1ccccc1C1(c2ccnc(NCCc3cnc[nH]3)n2)CCNCC1. The van der Waals surface area contributed by atoms with Gasteiger partial charge in [-0.05, 0) is 43.6 Å². The zero-order chi connectivity index (χ0) is 18.5. The molecule has 2 aromatic heterocycles. The maximum atomic E-state index is 6.59. The van der Waals surface area contributed by atoms with Crippen molar-refractivity contribution in [1.82, 2.24) is 25.3 Å². The minimum Gasteiger partial charge on any atom is -0.354 e. The van der Waals surface area contributed by atoms with Gasteiger partial charge in [0.15, 0.2) is 0 Å². The first-order chi connectivity index (χ1) is 13.3. The van der Waals surface area contributed by atoms with Crippen LogP contribution >= 0.6 is 11.6 Å². The van der Waals surface area contributed by atoms with Crippen LogP contribution in [-0.2, 0) is 11.8 Å². The van der Waals surface area contributed by atoms with Crippen molar-refractivity contribution in [2.75, 3.05) is 25.0 Å².